The number of aryl methyl sites for hydroxylation is 1. The zero-order chi connectivity index (χ0) is 16.1. The predicted molar refractivity (Wildman–Crippen MR) is 74.8 cm³/mol. The van der Waals surface area contributed by atoms with E-state index in [1.165, 1.54) is 7.05 Å². The Morgan fingerprint density at radius 1 is 1.27 bits per heavy atom. The Bertz CT molecular complexity index is 847. The molecule has 3 rings (SSSR count). The summed E-state index contributed by atoms with van der Waals surface area (Å²) >= 11 is 0. The number of halogens is 3. The zero-order valence-corrected chi connectivity index (χ0v) is 11.8. The highest BCUT2D eigenvalue weighted by molar-refractivity contribution is 5.78. The molecule has 22 heavy (non-hydrogen) atoms. The molecule has 1 aromatic carbocycles. The predicted octanol–water partition coefficient (Wildman–Crippen LogP) is 0.938. The molecule has 0 saturated carbocycles. The van der Waals surface area contributed by atoms with Crippen LogP contribution in [-0.4, -0.2) is 22.2 Å². The van der Waals surface area contributed by atoms with Gasteiger partial charge in [0, 0.05) is 32.6 Å². The van der Waals surface area contributed by atoms with Crippen molar-refractivity contribution in [1.29, 1.82) is 0 Å². The van der Waals surface area contributed by atoms with Gasteiger partial charge in [0.2, 0.25) is 0 Å². The van der Waals surface area contributed by atoms with Crippen molar-refractivity contribution in [3.63, 3.8) is 0 Å². The highest BCUT2D eigenvalue weighted by Gasteiger charge is 2.31. The molecular weight excluding hydrogens is 299 g/mol. The van der Waals surface area contributed by atoms with Gasteiger partial charge >= 0.3 is 11.9 Å². The number of nitrogens with zero attached hydrogens (tertiary/aromatic N) is 2. The van der Waals surface area contributed by atoms with Gasteiger partial charge in [0.25, 0.3) is 5.56 Å². The quantitative estimate of drug-likeness (QED) is 0.898. The van der Waals surface area contributed by atoms with Crippen LogP contribution >= 0.6 is 0 Å². The van der Waals surface area contributed by atoms with E-state index >= 15 is 0 Å². The summed E-state index contributed by atoms with van der Waals surface area (Å²) in [6, 6.07) is 2.84. The molecule has 2 heterocycles. The fourth-order valence-corrected chi connectivity index (χ4v) is 2.58. The lowest BCUT2D eigenvalue weighted by atomic mass is 10.0. The summed E-state index contributed by atoms with van der Waals surface area (Å²) in [4.78, 5) is 24.7. The van der Waals surface area contributed by atoms with Gasteiger partial charge in [-0.25, -0.2) is 4.79 Å². The van der Waals surface area contributed by atoms with E-state index in [-0.39, 0.29) is 23.4 Å². The normalized spacial score (nSPS) is 16.0. The second kappa shape index (κ2) is 4.98. The van der Waals surface area contributed by atoms with Crippen molar-refractivity contribution < 1.29 is 13.2 Å². The first kappa shape index (κ1) is 14.8. The Balaban J connectivity index is 2.21. The number of hydrogen-bond donors (Lipinski definition) is 1. The van der Waals surface area contributed by atoms with E-state index in [0.29, 0.717) is 0 Å². The van der Waals surface area contributed by atoms with Crippen LogP contribution in [0.15, 0.2) is 27.8 Å². The van der Waals surface area contributed by atoms with Crippen LogP contribution in [0.5, 0.6) is 0 Å². The molecule has 2 aromatic rings. The van der Waals surface area contributed by atoms with E-state index in [2.05, 4.69) is 5.32 Å². The maximum absolute atomic E-state index is 12.8. The van der Waals surface area contributed by atoms with Crippen LogP contribution in [0.25, 0.3) is 10.9 Å². The first-order chi connectivity index (χ1) is 10.3. The maximum Gasteiger partial charge on any atom is 0.416 e. The van der Waals surface area contributed by atoms with Crippen molar-refractivity contribution in [2.24, 2.45) is 13.0 Å². The molecule has 118 valence electrons. The van der Waals surface area contributed by atoms with E-state index in [9.17, 15) is 22.8 Å². The Kier molecular flexibility index (Phi) is 3.36. The van der Waals surface area contributed by atoms with Gasteiger partial charge < -0.3 is 5.32 Å². The number of rotatable bonds is 2. The number of hydrogen-bond acceptors (Lipinski definition) is 3. The smallest absolute Gasteiger partial charge is 0.316 e. The SMILES string of the molecule is Cn1c(=O)n(CC2CNC2)c(=O)c2ccc(C(F)(F)F)cc21. The summed E-state index contributed by atoms with van der Waals surface area (Å²) in [5.41, 5.74) is -2.02. The monoisotopic (exact) mass is 313 g/mol. The molecule has 0 radical (unpaired) electrons. The summed E-state index contributed by atoms with van der Waals surface area (Å²) in [5, 5.41) is 3.16. The molecule has 8 heteroatoms. The minimum Gasteiger partial charge on any atom is -0.316 e. The Hall–Kier alpha value is -2.09. The van der Waals surface area contributed by atoms with Gasteiger partial charge in [-0.2, -0.15) is 13.2 Å². The van der Waals surface area contributed by atoms with Crippen LogP contribution < -0.4 is 16.6 Å². The fraction of sp³-hybridized carbons (Fsp3) is 0.429. The molecular formula is C14H14F3N3O2. The average Bonchev–Trinajstić information content (AvgIpc) is 2.41. The van der Waals surface area contributed by atoms with E-state index in [0.717, 1.165) is 40.4 Å². The number of aromatic nitrogens is 2. The maximum atomic E-state index is 12.8. The van der Waals surface area contributed by atoms with Crippen molar-refractivity contribution in [2.45, 2.75) is 12.7 Å². The molecule has 1 aliphatic rings. The fourth-order valence-electron chi connectivity index (χ4n) is 2.58. The molecule has 1 aliphatic heterocycles. The van der Waals surface area contributed by atoms with Gasteiger partial charge in [-0.05, 0) is 18.2 Å². The lowest BCUT2D eigenvalue weighted by Crippen LogP contribution is -2.49. The molecule has 0 unspecified atom stereocenters. The molecule has 1 fully saturated rings. The molecule has 5 nitrogen and oxygen atoms in total. The number of fused-ring (bicyclic) bond motifs is 1. The number of nitrogens with one attached hydrogen (secondary N) is 1. The average molecular weight is 313 g/mol. The van der Waals surface area contributed by atoms with Crippen LogP contribution in [0.4, 0.5) is 13.2 Å². The van der Waals surface area contributed by atoms with E-state index in [4.69, 9.17) is 0 Å². The van der Waals surface area contributed by atoms with Gasteiger partial charge in [-0.1, -0.05) is 0 Å². The minimum absolute atomic E-state index is 0.00666. The van der Waals surface area contributed by atoms with Crippen molar-refractivity contribution in [3.05, 3.63) is 44.6 Å². The Morgan fingerprint density at radius 2 is 1.95 bits per heavy atom. The first-order valence-electron chi connectivity index (χ1n) is 6.80. The Morgan fingerprint density at radius 3 is 2.50 bits per heavy atom. The van der Waals surface area contributed by atoms with Crippen LogP contribution in [0.2, 0.25) is 0 Å². The van der Waals surface area contributed by atoms with Crippen LogP contribution in [0, 0.1) is 5.92 Å². The first-order valence-corrected chi connectivity index (χ1v) is 6.80. The second-order valence-corrected chi connectivity index (χ2v) is 5.51. The molecule has 1 aromatic heterocycles. The van der Waals surface area contributed by atoms with Crippen LogP contribution in [-0.2, 0) is 19.8 Å². The minimum atomic E-state index is -4.52. The molecule has 1 N–H and O–H groups in total. The lowest BCUT2D eigenvalue weighted by molar-refractivity contribution is -0.137. The van der Waals surface area contributed by atoms with Gasteiger partial charge in [-0.15, -0.1) is 0 Å². The van der Waals surface area contributed by atoms with E-state index in [1.54, 1.807) is 0 Å². The van der Waals surface area contributed by atoms with Crippen molar-refractivity contribution >= 4 is 10.9 Å². The highest BCUT2D eigenvalue weighted by Crippen LogP contribution is 2.30. The van der Waals surface area contributed by atoms with E-state index in [1.807, 2.05) is 0 Å². The Labute approximate surface area is 123 Å². The molecule has 0 aliphatic carbocycles. The third-order valence-electron chi connectivity index (χ3n) is 3.99. The topological polar surface area (TPSA) is 56.0 Å². The summed E-state index contributed by atoms with van der Waals surface area (Å²) in [7, 11) is 1.37. The van der Waals surface area contributed by atoms with Gasteiger partial charge in [-0.3, -0.25) is 13.9 Å². The van der Waals surface area contributed by atoms with E-state index < -0.39 is 23.0 Å². The van der Waals surface area contributed by atoms with Crippen molar-refractivity contribution in [1.82, 2.24) is 14.5 Å². The van der Waals surface area contributed by atoms with Gasteiger partial charge in [0.15, 0.2) is 0 Å². The van der Waals surface area contributed by atoms with Gasteiger partial charge in [0.05, 0.1) is 16.5 Å². The molecule has 0 spiro atoms. The van der Waals surface area contributed by atoms with Crippen LogP contribution in [0.3, 0.4) is 0 Å². The summed E-state index contributed by atoms with van der Waals surface area (Å²) in [6.07, 6.45) is -4.52. The molecule has 0 bridgehead atoms. The standard InChI is InChI=1S/C14H14F3N3O2/c1-19-11-4-9(14(15,16)17)2-3-10(11)12(21)20(13(19)22)7-8-5-18-6-8/h2-4,8,18H,5-7H2,1H3. The lowest BCUT2D eigenvalue weighted by Gasteiger charge is -2.27. The van der Waals surface area contributed by atoms with Gasteiger partial charge in [0.1, 0.15) is 0 Å². The summed E-state index contributed by atoms with van der Waals surface area (Å²) in [6.45, 7) is 1.72. The molecule has 0 atom stereocenters. The number of benzene rings is 1. The zero-order valence-electron chi connectivity index (χ0n) is 11.8. The summed E-state index contributed by atoms with van der Waals surface area (Å²) in [5.74, 6) is 0.192. The molecule has 0 amide bonds. The third kappa shape index (κ3) is 2.33. The van der Waals surface area contributed by atoms with Crippen molar-refractivity contribution in [3.8, 4) is 0 Å². The number of alkyl halides is 3. The third-order valence-corrected chi connectivity index (χ3v) is 3.99. The van der Waals surface area contributed by atoms with Crippen LogP contribution in [0.1, 0.15) is 5.56 Å². The molecule has 1 saturated heterocycles. The largest absolute Gasteiger partial charge is 0.416 e. The highest BCUT2D eigenvalue weighted by atomic mass is 19.4. The van der Waals surface area contributed by atoms with Crippen molar-refractivity contribution in [2.75, 3.05) is 13.1 Å². The second-order valence-electron chi connectivity index (χ2n) is 5.51. The summed E-state index contributed by atoms with van der Waals surface area (Å²) < 4.78 is 40.5.